The van der Waals surface area contributed by atoms with Gasteiger partial charge in [-0.2, -0.15) is 0 Å². The van der Waals surface area contributed by atoms with E-state index in [2.05, 4.69) is 41.1 Å². The Hall–Kier alpha value is -1.06. The van der Waals surface area contributed by atoms with Gasteiger partial charge in [0.05, 0.1) is 11.1 Å². The van der Waals surface area contributed by atoms with Gasteiger partial charge >= 0.3 is 0 Å². The second-order valence-corrected chi connectivity index (χ2v) is 5.30. The van der Waals surface area contributed by atoms with Crippen molar-refractivity contribution >= 4 is 26.7 Å². The first kappa shape index (κ1) is 14.4. The summed E-state index contributed by atoms with van der Waals surface area (Å²) in [6.45, 7) is 4.81. The number of ether oxygens (including phenoxy) is 2. The lowest BCUT2D eigenvalue weighted by molar-refractivity contribution is -0.0676. The van der Waals surface area contributed by atoms with Crippen LogP contribution in [0.15, 0.2) is 40.9 Å². The van der Waals surface area contributed by atoms with Crippen LogP contribution in [0.5, 0.6) is 5.75 Å². The van der Waals surface area contributed by atoms with E-state index in [-0.39, 0.29) is 6.29 Å². The molecule has 19 heavy (non-hydrogen) atoms. The predicted octanol–water partition coefficient (Wildman–Crippen LogP) is 5.14. The number of halogens is 1. The lowest BCUT2D eigenvalue weighted by atomic mass is 10.1. The van der Waals surface area contributed by atoms with Crippen LogP contribution in [0.25, 0.3) is 10.8 Å². The van der Waals surface area contributed by atoms with E-state index >= 15 is 0 Å². The summed E-state index contributed by atoms with van der Waals surface area (Å²) in [6.07, 6.45) is 1.96. The molecule has 0 spiro atoms. The highest BCUT2D eigenvalue weighted by Gasteiger charge is 2.09. The van der Waals surface area contributed by atoms with Gasteiger partial charge in [-0.3, -0.25) is 0 Å². The standard InChI is InChI=1S/C16H19BrO2/c1-3-4-11-18-12(2)19-15-10-9-13-7-5-6-8-14(13)16(15)17/h5-10,12H,3-4,11H2,1-2H3. The zero-order valence-electron chi connectivity index (χ0n) is 11.4. The minimum atomic E-state index is -0.232. The molecule has 2 nitrogen and oxygen atoms in total. The van der Waals surface area contributed by atoms with E-state index in [4.69, 9.17) is 9.47 Å². The molecular formula is C16H19BrO2. The van der Waals surface area contributed by atoms with E-state index in [0.29, 0.717) is 0 Å². The normalized spacial score (nSPS) is 12.6. The van der Waals surface area contributed by atoms with Crippen LogP contribution < -0.4 is 4.74 Å². The third-order valence-corrected chi connectivity index (χ3v) is 3.79. The molecule has 1 atom stereocenters. The fraction of sp³-hybridized carbons (Fsp3) is 0.375. The van der Waals surface area contributed by atoms with Crippen molar-refractivity contribution in [1.82, 2.24) is 0 Å². The summed E-state index contributed by atoms with van der Waals surface area (Å²) in [5.41, 5.74) is 0. The topological polar surface area (TPSA) is 18.5 Å². The Morgan fingerprint density at radius 1 is 1.16 bits per heavy atom. The van der Waals surface area contributed by atoms with Crippen LogP contribution in [-0.2, 0) is 4.74 Å². The van der Waals surface area contributed by atoms with Crippen molar-refractivity contribution in [1.29, 1.82) is 0 Å². The molecule has 0 fully saturated rings. The highest BCUT2D eigenvalue weighted by Crippen LogP contribution is 2.33. The van der Waals surface area contributed by atoms with Gasteiger partial charge < -0.3 is 9.47 Å². The molecule has 0 bridgehead atoms. The number of unbranched alkanes of at least 4 members (excludes halogenated alkanes) is 1. The van der Waals surface area contributed by atoms with E-state index in [0.717, 1.165) is 35.1 Å². The third-order valence-electron chi connectivity index (χ3n) is 2.97. The maximum absolute atomic E-state index is 5.83. The van der Waals surface area contributed by atoms with Crippen LogP contribution in [0.3, 0.4) is 0 Å². The highest BCUT2D eigenvalue weighted by molar-refractivity contribution is 9.10. The fourth-order valence-corrected chi connectivity index (χ4v) is 2.50. The van der Waals surface area contributed by atoms with E-state index in [1.165, 1.54) is 5.39 Å². The van der Waals surface area contributed by atoms with Crippen LogP contribution in [0.4, 0.5) is 0 Å². The Bertz CT molecular complexity index is 539. The molecule has 0 aromatic heterocycles. The van der Waals surface area contributed by atoms with Crippen LogP contribution >= 0.6 is 15.9 Å². The summed E-state index contributed by atoms with van der Waals surface area (Å²) in [6, 6.07) is 12.3. The molecule has 0 saturated carbocycles. The first-order valence-corrected chi connectivity index (χ1v) is 7.47. The molecule has 0 amide bonds. The second-order valence-electron chi connectivity index (χ2n) is 4.51. The maximum atomic E-state index is 5.83. The predicted molar refractivity (Wildman–Crippen MR) is 82.6 cm³/mol. The Morgan fingerprint density at radius 2 is 1.95 bits per heavy atom. The number of hydrogen-bond donors (Lipinski definition) is 0. The molecule has 0 saturated heterocycles. The van der Waals surface area contributed by atoms with Crippen molar-refractivity contribution < 1.29 is 9.47 Å². The van der Waals surface area contributed by atoms with Crippen LogP contribution in [-0.4, -0.2) is 12.9 Å². The van der Waals surface area contributed by atoms with Crippen molar-refractivity contribution in [3.8, 4) is 5.75 Å². The smallest absolute Gasteiger partial charge is 0.197 e. The Labute approximate surface area is 122 Å². The summed E-state index contributed by atoms with van der Waals surface area (Å²) in [4.78, 5) is 0. The number of benzene rings is 2. The Kier molecular flexibility index (Phi) is 5.23. The minimum Gasteiger partial charge on any atom is -0.464 e. The molecule has 1 unspecified atom stereocenters. The van der Waals surface area contributed by atoms with Gasteiger partial charge in [-0.05, 0) is 46.1 Å². The average molecular weight is 323 g/mol. The van der Waals surface area contributed by atoms with Crippen molar-refractivity contribution in [3.05, 3.63) is 40.9 Å². The average Bonchev–Trinajstić information content (AvgIpc) is 2.43. The monoisotopic (exact) mass is 322 g/mol. The van der Waals surface area contributed by atoms with Gasteiger partial charge in [0.25, 0.3) is 0 Å². The zero-order valence-corrected chi connectivity index (χ0v) is 12.9. The molecule has 0 N–H and O–H groups in total. The molecule has 2 aromatic carbocycles. The van der Waals surface area contributed by atoms with Gasteiger partial charge in [0.2, 0.25) is 0 Å². The number of fused-ring (bicyclic) bond motifs is 1. The van der Waals surface area contributed by atoms with Crippen LogP contribution in [0.2, 0.25) is 0 Å². The Morgan fingerprint density at radius 3 is 2.74 bits per heavy atom. The molecule has 102 valence electrons. The largest absolute Gasteiger partial charge is 0.464 e. The number of hydrogen-bond acceptors (Lipinski definition) is 2. The molecule has 2 aromatic rings. The minimum absolute atomic E-state index is 0.232. The van der Waals surface area contributed by atoms with Crippen molar-refractivity contribution in [2.75, 3.05) is 6.61 Å². The third kappa shape index (κ3) is 3.71. The lowest BCUT2D eigenvalue weighted by Gasteiger charge is -2.17. The van der Waals surface area contributed by atoms with Crippen LogP contribution in [0.1, 0.15) is 26.7 Å². The number of rotatable bonds is 6. The van der Waals surface area contributed by atoms with Gasteiger partial charge in [-0.1, -0.05) is 43.7 Å². The summed E-state index contributed by atoms with van der Waals surface area (Å²) in [7, 11) is 0. The lowest BCUT2D eigenvalue weighted by Crippen LogP contribution is -2.17. The first-order valence-electron chi connectivity index (χ1n) is 6.68. The van der Waals surface area contributed by atoms with Gasteiger partial charge in [-0.25, -0.2) is 0 Å². The van der Waals surface area contributed by atoms with E-state index in [9.17, 15) is 0 Å². The molecular weight excluding hydrogens is 304 g/mol. The molecule has 0 heterocycles. The van der Waals surface area contributed by atoms with Gasteiger partial charge in [0.15, 0.2) is 6.29 Å². The second kappa shape index (κ2) is 6.92. The quantitative estimate of drug-likeness (QED) is 0.541. The summed E-state index contributed by atoms with van der Waals surface area (Å²) in [5.74, 6) is 0.822. The van der Waals surface area contributed by atoms with Crippen molar-refractivity contribution in [3.63, 3.8) is 0 Å². The van der Waals surface area contributed by atoms with E-state index < -0.39 is 0 Å². The van der Waals surface area contributed by atoms with Crippen LogP contribution in [0, 0.1) is 0 Å². The van der Waals surface area contributed by atoms with Crippen molar-refractivity contribution in [2.24, 2.45) is 0 Å². The highest BCUT2D eigenvalue weighted by atomic mass is 79.9. The summed E-state index contributed by atoms with van der Waals surface area (Å²) in [5, 5.41) is 2.35. The molecule has 0 radical (unpaired) electrons. The molecule has 2 rings (SSSR count). The Balaban J connectivity index is 2.10. The summed E-state index contributed by atoms with van der Waals surface area (Å²) >= 11 is 3.61. The van der Waals surface area contributed by atoms with E-state index in [1.807, 2.05) is 25.1 Å². The first-order chi connectivity index (χ1) is 9.22. The summed E-state index contributed by atoms with van der Waals surface area (Å²) < 4.78 is 12.4. The fourth-order valence-electron chi connectivity index (χ4n) is 1.91. The van der Waals surface area contributed by atoms with E-state index in [1.54, 1.807) is 0 Å². The molecule has 0 aliphatic rings. The van der Waals surface area contributed by atoms with Gasteiger partial charge in [0.1, 0.15) is 5.75 Å². The van der Waals surface area contributed by atoms with Gasteiger partial charge in [-0.15, -0.1) is 0 Å². The van der Waals surface area contributed by atoms with Gasteiger partial charge in [0, 0.05) is 0 Å². The zero-order chi connectivity index (χ0) is 13.7. The SMILES string of the molecule is CCCCOC(C)Oc1ccc2ccccc2c1Br. The maximum Gasteiger partial charge on any atom is 0.197 e. The molecule has 0 aliphatic carbocycles. The van der Waals surface area contributed by atoms with Crippen molar-refractivity contribution in [2.45, 2.75) is 33.0 Å². The molecule has 0 aliphatic heterocycles. The molecule has 3 heteroatoms.